The number of aromatic hydroxyl groups is 1. The van der Waals surface area contributed by atoms with Crippen molar-refractivity contribution in [1.82, 2.24) is 5.32 Å². The van der Waals surface area contributed by atoms with Gasteiger partial charge in [0.05, 0.1) is 34.0 Å². The standard InChI is InChI=1S/C27H29NO7/c1-14-24(27(31)35-5)25(16-6-8-19(29)22(13-16)33-3)26-18(28-14)10-17(11-20(26)30)15-7-9-21(32-2)23(12-15)34-4/h6-9,12-13,17,25,28-29H,10-11H2,1-5H3/t17-,25-/m1/s1. The molecule has 1 aliphatic heterocycles. The average Bonchev–Trinajstić information content (AvgIpc) is 2.87. The van der Waals surface area contributed by atoms with Crippen LogP contribution in [0.4, 0.5) is 0 Å². The summed E-state index contributed by atoms with van der Waals surface area (Å²) in [4.78, 5) is 26.5. The molecule has 8 heteroatoms. The van der Waals surface area contributed by atoms with Crippen LogP contribution in [0.25, 0.3) is 0 Å². The number of ether oxygens (including phenoxy) is 4. The van der Waals surface area contributed by atoms with Crippen molar-refractivity contribution in [1.29, 1.82) is 0 Å². The smallest absolute Gasteiger partial charge is 0.336 e. The molecule has 2 aromatic carbocycles. The van der Waals surface area contributed by atoms with E-state index in [-0.39, 0.29) is 29.6 Å². The summed E-state index contributed by atoms with van der Waals surface area (Å²) >= 11 is 0. The molecular weight excluding hydrogens is 450 g/mol. The maximum atomic E-state index is 13.6. The maximum absolute atomic E-state index is 13.6. The van der Waals surface area contributed by atoms with Crippen LogP contribution in [-0.2, 0) is 14.3 Å². The van der Waals surface area contributed by atoms with Crippen LogP contribution in [0.2, 0.25) is 0 Å². The molecule has 0 radical (unpaired) electrons. The minimum atomic E-state index is -0.646. The van der Waals surface area contributed by atoms with Gasteiger partial charge in [-0.25, -0.2) is 4.79 Å². The molecule has 4 rings (SSSR count). The van der Waals surface area contributed by atoms with Gasteiger partial charge in [0.2, 0.25) is 0 Å². The lowest BCUT2D eigenvalue weighted by Gasteiger charge is -2.36. The fourth-order valence-corrected chi connectivity index (χ4v) is 4.97. The number of phenols is 1. The number of carbonyl (C=O) groups excluding carboxylic acids is 2. The van der Waals surface area contributed by atoms with Gasteiger partial charge in [-0.15, -0.1) is 0 Å². The van der Waals surface area contributed by atoms with Crippen molar-refractivity contribution in [3.63, 3.8) is 0 Å². The third kappa shape index (κ3) is 4.32. The van der Waals surface area contributed by atoms with Gasteiger partial charge in [0.25, 0.3) is 0 Å². The van der Waals surface area contributed by atoms with E-state index in [9.17, 15) is 14.7 Å². The summed E-state index contributed by atoms with van der Waals surface area (Å²) in [5.41, 5.74) is 3.90. The summed E-state index contributed by atoms with van der Waals surface area (Å²) in [6.07, 6.45) is 0.850. The minimum absolute atomic E-state index is 0.0248. The van der Waals surface area contributed by atoms with Crippen molar-refractivity contribution in [2.24, 2.45) is 0 Å². The van der Waals surface area contributed by atoms with Crippen molar-refractivity contribution < 1.29 is 33.6 Å². The van der Waals surface area contributed by atoms with Crippen LogP contribution in [0.3, 0.4) is 0 Å². The number of carbonyl (C=O) groups is 2. The SMILES string of the molecule is COC(=O)C1=C(C)NC2=C(C(=O)C[C@H](c3ccc(OC)c(OC)c3)C2)[C@@H]1c1ccc(O)c(OC)c1. The van der Waals surface area contributed by atoms with E-state index in [0.29, 0.717) is 40.3 Å². The van der Waals surface area contributed by atoms with Gasteiger partial charge in [-0.2, -0.15) is 0 Å². The fraction of sp³-hybridized carbons (Fsp3) is 0.333. The van der Waals surface area contributed by atoms with Crippen LogP contribution >= 0.6 is 0 Å². The number of allylic oxidation sites excluding steroid dienone is 3. The number of phenolic OH excluding ortho intramolecular Hbond substituents is 1. The molecule has 0 saturated carbocycles. The summed E-state index contributed by atoms with van der Waals surface area (Å²) < 4.78 is 21.1. The van der Waals surface area contributed by atoms with Gasteiger partial charge in [-0.3, -0.25) is 4.79 Å². The van der Waals surface area contributed by atoms with E-state index in [1.165, 1.54) is 20.3 Å². The van der Waals surface area contributed by atoms with Crippen LogP contribution in [0.5, 0.6) is 23.0 Å². The maximum Gasteiger partial charge on any atom is 0.336 e. The highest BCUT2D eigenvalue weighted by Crippen LogP contribution is 2.47. The van der Waals surface area contributed by atoms with E-state index in [1.54, 1.807) is 33.3 Å². The molecule has 0 bridgehead atoms. The molecular formula is C27H29NO7. The molecule has 0 fully saturated rings. The van der Waals surface area contributed by atoms with Gasteiger partial charge in [-0.05, 0) is 54.7 Å². The number of hydrogen-bond acceptors (Lipinski definition) is 8. The highest BCUT2D eigenvalue weighted by molar-refractivity contribution is 6.04. The number of hydrogen-bond donors (Lipinski definition) is 2. The highest BCUT2D eigenvalue weighted by atomic mass is 16.5. The van der Waals surface area contributed by atoms with Gasteiger partial charge >= 0.3 is 5.97 Å². The quantitative estimate of drug-likeness (QED) is 0.601. The molecule has 0 unspecified atom stereocenters. The first-order valence-electron chi connectivity index (χ1n) is 11.2. The Kier molecular flexibility index (Phi) is 6.73. The van der Waals surface area contributed by atoms with Gasteiger partial charge in [-0.1, -0.05) is 12.1 Å². The molecule has 1 aliphatic carbocycles. The first-order valence-corrected chi connectivity index (χ1v) is 11.2. The number of ketones is 1. The molecule has 2 N–H and O–H groups in total. The van der Waals surface area contributed by atoms with Crippen molar-refractivity contribution in [2.75, 3.05) is 28.4 Å². The molecule has 184 valence electrons. The van der Waals surface area contributed by atoms with Crippen molar-refractivity contribution >= 4 is 11.8 Å². The Morgan fingerprint density at radius 2 is 1.57 bits per heavy atom. The third-order valence-corrected chi connectivity index (χ3v) is 6.65. The fourth-order valence-electron chi connectivity index (χ4n) is 4.97. The lowest BCUT2D eigenvalue weighted by molar-refractivity contribution is -0.136. The summed E-state index contributed by atoms with van der Waals surface area (Å²) in [5, 5.41) is 13.4. The summed E-state index contributed by atoms with van der Waals surface area (Å²) in [7, 11) is 5.93. The predicted octanol–water partition coefficient (Wildman–Crippen LogP) is 3.95. The molecule has 2 atom stereocenters. The van der Waals surface area contributed by atoms with Gasteiger partial charge in [0.15, 0.2) is 28.8 Å². The molecule has 0 aromatic heterocycles. The molecule has 1 heterocycles. The molecule has 0 saturated heterocycles. The molecule has 0 amide bonds. The van der Waals surface area contributed by atoms with Crippen molar-refractivity contribution in [3.8, 4) is 23.0 Å². The lowest BCUT2D eigenvalue weighted by atomic mass is 9.71. The Balaban J connectivity index is 1.80. The number of dihydropyridines is 1. The molecule has 2 aromatic rings. The number of Topliss-reactive ketones (excluding diaryl/α,β-unsaturated/α-hetero) is 1. The summed E-state index contributed by atoms with van der Waals surface area (Å²) in [6.45, 7) is 1.80. The van der Waals surface area contributed by atoms with E-state index >= 15 is 0 Å². The Morgan fingerprint density at radius 3 is 2.23 bits per heavy atom. The molecule has 8 nitrogen and oxygen atoms in total. The second-order valence-corrected chi connectivity index (χ2v) is 8.55. The lowest BCUT2D eigenvalue weighted by Crippen LogP contribution is -2.36. The number of rotatable bonds is 6. The van der Waals surface area contributed by atoms with Crippen LogP contribution in [0.1, 0.15) is 42.7 Å². The van der Waals surface area contributed by atoms with E-state index in [0.717, 1.165) is 11.3 Å². The number of benzene rings is 2. The Bertz CT molecular complexity index is 1240. The zero-order chi connectivity index (χ0) is 25.3. The van der Waals surface area contributed by atoms with Gasteiger partial charge in [0.1, 0.15) is 0 Å². The van der Waals surface area contributed by atoms with Crippen molar-refractivity contribution in [2.45, 2.75) is 31.6 Å². The van der Waals surface area contributed by atoms with Gasteiger partial charge in [0, 0.05) is 29.3 Å². The number of esters is 1. The van der Waals surface area contributed by atoms with E-state index in [1.807, 2.05) is 18.2 Å². The molecule has 0 spiro atoms. The minimum Gasteiger partial charge on any atom is -0.504 e. The van der Waals surface area contributed by atoms with E-state index in [2.05, 4.69) is 5.32 Å². The molecule has 2 aliphatic rings. The first kappa shape index (κ1) is 24.2. The number of nitrogens with one attached hydrogen (secondary N) is 1. The normalized spacial score (nSPS) is 19.6. The first-order chi connectivity index (χ1) is 16.8. The highest BCUT2D eigenvalue weighted by Gasteiger charge is 2.41. The van der Waals surface area contributed by atoms with Crippen LogP contribution in [-0.4, -0.2) is 45.3 Å². The zero-order valence-corrected chi connectivity index (χ0v) is 20.4. The van der Waals surface area contributed by atoms with Crippen LogP contribution < -0.4 is 19.5 Å². The Morgan fingerprint density at radius 1 is 0.914 bits per heavy atom. The third-order valence-electron chi connectivity index (χ3n) is 6.65. The second-order valence-electron chi connectivity index (χ2n) is 8.55. The Hall–Kier alpha value is -3.94. The van der Waals surface area contributed by atoms with Crippen LogP contribution in [0.15, 0.2) is 58.9 Å². The van der Waals surface area contributed by atoms with E-state index < -0.39 is 11.9 Å². The monoisotopic (exact) mass is 479 g/mol. The Labute approximate surface area is 204 Å². The van der Waals surface area contributed by atoms with Crippen molar-refractivity contribution in [3.05, 3.63) is 70.1 Å². The predicted molar refractivity (Wildman–Crippen MR) is 129 cm³/mol. The summed E-state index contributed by atoms with van der Waals surface area (Å²) in [5.74, 6) is 0.157. The van der Waals surface area contributed by atoms with Crippen LogP contribution in [0, 0.1) is 0 Å². The zero-order valence-electron chi connectivity index (χ0n) is 20.4. The second kappa shape index (κ2) is 9.74. The van der Waals surface area contributed by atoms with Gasteiger partial charge < -0.3 is 29.4 Å². The topological polar surface area (TPSA) is 103 Å². The van der Waals surface area contributed by atoms with E-state index in [4.69, 9.17) is 18.9 Å². The average molecular weight is 480 g/mol. The number of methoxy groups -OCH3 is 4. The molecule has 35 heavy (non-hydrogen) atoms. The largest absolute Gasteiger partial charge is 0.504 e. The summed E-state index contributed by atoms with van der Waals surface area (Å²) in [6, 6.07) is 10.5.